The first-order chi connectivity index (χ1) is 9.08. The number of hydrogen-bond donors (Lipinski definition) is 1. The number of nitrogens with zero attached hydrogens (tertiary/aromatic N) is 2. The van der Waals surface area contributed by atoms with E-state index < -0.39 is 11.7 Å². The minimum Gasteiger partial charge on any atom is -0.346 e. The predicted octanol–water partition coefficient (Wildman–Crippen LogP) is 2.51. The number of carbonyl (C=O) groups is 1. The molecule has 0 aliphatic carbocycles. The summed E-state index contributed by atoms with van der Waals surface area (Å²) < 4.78 is 13.0. The Kier molecular flexibility index (Phi) is 4.06. The van der Waals surface area contributed by atoms with E-state index in [-0.39, 0.29) is 17.3 Å². The molecular formula is C13H11ClFN3O. The van der Waals surface area contributed by atoms with Crippen LogP contribution in [0.25, 0.3) is 0 Å². The third-order valence-electron chi connectivity index (χ3n) is 2.58. The third kappa shape index (κ3) is 3.26. The number of hydrogen-bond acceptors (Lipinski definition) is 3. The van der Waals surface area contributed by atoms with Gasteiger partial charge in [0.1, 0.15) is 11.0 Å². The number of halogens is 2. The van der Waals surface area contributed by atoms with E-state index in [2.05, 4.69) is 15.3 Å². The molecule has 0 radical (unpaired) electrons. The van der Waals surface area contributed by atoms with Crippen molar-refractivity contribution in [3.63, 3.8) is 0 Å². The Morgan fingerprint density at radius 2 is 2.26 bits per heavy atom. The van der Waals surface area contributed by atoms with E-state index in [1.165, 1.54) is 0 Å². The number of amides is 1. The molecule has 2 heterocycles. The molecule has 0 saturated heterocycles. The molecule has 0 saturated carbocycles. The van der Waals surface area contributed by atoms with Crippen LogP contribution in [0.4, 0.5) is 4.39 Å². The molecule has 0 fully saturated rings. The molecule has 0 bridgehead atoms. The first kappa shape index (κ1) is 13.4. The quantitative estimate of drug-likeness (QED) is 0.879. The molecule has 0 spiro atoms. The largest absolute Gasteiger partial charge is 0.346 e. The van der Waals surface area contributed by atoms with E-state index in [1.807, 2.05) is 19.1 Å². The van der Waals surface area contributed by atoms with Crippen molar-refractivity contribution < 1.29 is 9.18 Å². The lowest BCUT2D eigenvalue weighted by atomic mass is 10.2. The molecule has 19 heavy (non-hydrogen) atoms. The van der Waals surface area contributed by atoms with Gasteiger partial charge in [-0.1, -0.05) is 17.7 Å². The summed E-state index contributed by atoms with van der Waals surface area (Å²) >= 11 is 5.75. The molecule has 6 heteroatoms. The molecular weight excluding hydrogens is 269 g/mol. The number of carbonyl (C=O) groups excluding carboxylic acids is 1. The SMILES string of the molecule is Cc1cccnc1CNC(=O)c1cc(F)cnc1Cl. The fourth-order valence-corrected chi connectivity index (χ4v) is 1.73. The van der Waals surface area contributed by atoms with Crippen LogP contribution in [-0.2, 0) is 6.54 Å². The molecule has 0 aliphatic rings. The van der Waals surface area contributed by atoms with E-state index in [0.717, 1.165) is 23.5 Å². The van der Waals surface area contributed by atoms with Gasteiger partial charge in [-0.05, 0) is 24.6 Å². The standard InChI is InChI=1S/C13H11ClFN3O/c1-8-3-2-4-16-11(8)7-18-13(19)10-5-9(15)6-17-12(10)14/h2-6H,7H2,1H3,(H,18,19). The Morgan fingerprint density at radius 1 is 1.47 bits per heavy atom. The van der Waals surface area contributed by atoms with Crippen LogP contribution in [0, 0.1) is 12.7 Å². The van der Waals surface area contributed by atoms with Crippen molar-refractivity contribution in [3.05, 3.63) is 58.4 Å². The van der Waals surface area contributed by atoms with Gasteiger partial charge in [0.2, 0.25) is 0 Å². The van der Waals surface area contributed by atoms with Gasteiger partial charge >= 0.3 is 0 Å². The van der Waals surface area contributed by atoms with Crippen LogP contribution in [-0.4, -0.2) is 15.9 Å². The van der Waals surface area contributed by atoms with Crippen LogP contribution in [0.15, 0.2) is 30.6 Å². The predicted molar refractivity (Wildman–Crippen MR) is 69.3 cm³/mol. The Bertz CT molecular complexity index is 619. The molecule has 2 rings (SSSR count). The van der Waals surface area contributed by atoms with Crippen molar-refractivity contribution in [2.75, 3.05) is 0 Å². The fraction of sp³-hybridized carbons (Fsp3) is 0.154. The van der Waals surface area contributed by atoms with Crippen LogP contribution in [0.3, 0.4) is 0 Å². The summed E-state index contributed by atoms with van der Waals surface area (Å²) in [5, 5.41) is 2.60. The maximum absolute atomic E-state index is 13.0. The molecule has 0 unspecified atom stereocenters. The van der Waals surface area contributed by atoms with Gasteiger partial charge in [-0.15, -0.1) is 0 Å². The number of rotatable bonds is 3. The summed E-state index contributed by atoms with van der Waals surface area (Å²) in [5.41, 5.74) is 1.72. The summed E-state index contributed by atoms with van der Waals surface area (Å²) in [6.45, 7) is 2.14. The third-order valence-corrected chi connectivity index (χ3v) is 2.89. The zero-order valence-corrected chi connectivity index (χ0v) is 10.9. The molecule has 2 aromatic rings. The van der Waals surface area contributed by atoms with E-state index >= 15 is 0 Å². The molecule has 0 atom stereocenters. The van der Waals surface area contributed by atoms with Crippen molar-refractivity contribution in [3.8, 4) is 0 Å². The van der Waals surface area contributed by atoms with Crippen molar-refractivity contribution in [2.24, 2.45) is 0 Å². The summed E-state index contributed by atoms with van der Waals surface area (Å²) in [5.74, 6) is -1.09. The number of aryl methyl sites for hydroxylation is 1. The summed E-state index contributed by atoms with van der Waals surface area (Å²) in [6, 6.07) is 4.76. The Balaban J connectivity index is 2.10. The highest BCUT2D eigenvalue weighted by atomic mass is 35.5. The van der Waals surface area contributed by atoms with Crippen LogP contribution in [0.5, 0.6) is 0 Å². The highest BCUT2D eigenvalue weighted by molar-refractivity contribution is 6.32. The van der Waals surface area contributed by atoms with Crippen molar-refractivity contribution in [1.29, 1.82) is 0 Å². The van der Waals surface area contributed by atoms with Crippen LogP contribution in [0.1, 0.15) is 21.6 Å². The normalized spacial score (nSPS) is 10.3. The maximum atomic E-state index is 13.0. The van der Waals surface area contributed by atoms with Gasteiger partial charge in [0.25, 0.3) is 5.91 Å². The average molecular weight is 280 g/mol. The topological polar surface area (TPSA) is 54.9 Å². The molecule has 98 valence electrons. The lowest BCUT2D eigenvalue weighted by Crippen LogP contribution is -2.24. The highest BCUT2D eigenvalue weighted by Crippen LogP contribution is 2.13. The second-order valence-electron chi connectivity index (χ2n) is 3.94. The molecule has 1 N–H and O–H groups in total. The van der Waals surface area contributed by atoms with Crippen molar-refractivity contribution in [1.82, 2.24) is 15.3 Å². The summed E-state index contributed by atoms with van der Waals surface area (Å²) in [7, 11) is 0. The van der Waals surface area contributed by atoms with Gasteiger partial charge in [0.15, 0.2) is 0 Å². The van der Waals surface area contributed by atoms with Gasteiger partial charge in [-0.25, -0.2) is 9.37 Å². The summed E-state index contributed by atoms with van der Waals surface area (Å²) in [4.78, 5) is 19.6. The minimum atomic E-state index is -0.608. The number of nitrogens with one attached hydrogen (secondary N) is 1. The van der Waals surface area contributed by atoms with Gasteiger partial charge in [-0.2, -0.15) is 0 Å². The van der Waals surface area contributed by atoms with Gasteiger partial charge in [-0.3, -0.25) is 9.78 Å². The lowest BCUT2D eigenvalue weighted by molar-refractivity contribution is 0.0949. The molecule has 0 aliphatic heterocycles. The Morgan fingerprint density at radius 3 is 3.00 bits per heavy atom. The second-order valence-corrected chi connectivity index (χ2v) is 4.30. The zero-order chi connectivity index (χ0) is 13.8. The Labute approximate surface area is 114 Å². The van der Waals surface area contributed by atoms with E-state index in [4.69, 9.17) is 11.6 Å². The van der Waals surface area contributed by atoms with Gasteiger partial charge in [0, 0.05) is 6.20 Å². The average Bonchev–Trinajstić information content (AvgIpc) is 2.40. The fourth-order valence-electron chi connectivity index (χ4n) is 1.54. The van der Waals surface area contributed by atoms with Crippen molar-refractivity contribution in [2.45, 2.75) is 13.5 Å². The first-order valence-corrected chi connectivity index (χ1v) is 5.95. The smallest absolute Gasteiger partial charge is 0.254 e. The van der Waals surface area contributed by atoms with E-state index in [9.17, 15) is 9.18 Å². The van der Waals surface area contributed by atoms with E-state index in [0.29, 0.717) is 0 Å². The van der Waals surface area contributed by atoms with Crippen LogP contribution < -0.4 is 5.32 Å². The molecule has 0 aromatic carbocycles. The maximum Gasteiger partial charge on any atom is 0.254 e. The second kappa shape index (κ2) is 5.75. The van der Waals surface area contributed by atoms with Crippen molar-refractivity contribution >= 4 is 17.5 Å². The molecule has 1 amide bonds. The van der Waals surface area contributed by atoms with Crippen LogP contribution in [0.2, 0.25) is 5.15 Å². The van der Waals surface area contributed by atoms with Gasteiger partial charge in [0.05, 0.1) is 24.0 Å². The molecule has 2 aromatic heterocycles. The van der Waals surface area contributed by atoms with Gasteiger partial charge < -0.3 is 5.32 Å². The molecule has 4 nitrogen and oxygen atoms in total. The zero-order valence-electron chi connectivity index (χ0n) is 10.2. The monoisotopic (exact) mass is 279 g/mol. The van der Waals surface area contributed by atoms with E-state index in [1.54, 1.807) is 6.20 Å². The Hall–Kier alpha value is -2.01. The summed E-state index contributed by atoms with van der Waals surface area (Å²) in [6.07, 6.45) is 2.60. The lowest BCUT2D eigenvalue weighted by Gasteiger charge is -2.07. The first-order valence-electron chi connectivity index (χ1n) is 5.57. The number of aromatic nitrogens is 2. The van der Waals surface area contributed by atoms with Crippen LogP contribution >= 0.6 is 11.6 Å². The minimum absolute atomic E-state index is 0.00949. The highest BCUT2D eigenvalue weighted by Gasteiger charge is 2.13. The number of pyridine rings is 2.